The smallest absolute Gasteiger partial charge is 0.374 e. The number of nitrogens with two attached hydrogens (primary N) is 1. The lowest BCUT2D eigenvalue weighted by molar-refractivity contribution is 0.0506. The molecule has 0 saturated heterocycles. The molecular weight excluding hydrogens is 294 g/mol. The molecule has 0 aliphatic rings. The SMILES string of the molecule is CCOC(=O)c1nc(-c2nc(Cl)ncc2C)cn1CCN. The van der Waals surface area contributed by atoms with Gasteiger partial charge in [-0.3, -0.25) is 0 Å². The lowest BCUT2D eigenvalue weighted by Crippen LogP contribution is -2.17. The van der Waals surface area contributed by atoms with Gasteiger partial charge < -0.3 is 15.0 Å². The number of halogens is 1. The highest BCUT2D eigenvalue weighted by atomic mass is 35.5. The molecule has 8 heteroatoms. The van der Waals surface area contributed by atoms with Crippen LogP contribution in [0, 0.1) is 6.92 Å². The van der Waals surface area contributed by atoms with Gasteiger partial charge in [0.1, 0.15) is 5.69 Å². The Morgan fingerprint density at radius 2 is 2.24 bits per heavy atom. The van der Waals surface area contributed by atoms with Crippen LogP contribution in [0.25, 0.3) is 11.4 Å². The summed E-state index contributed by atoms with van der Waals surface area (Å²) in [6.45, 7) is 4.70. The van der Waals surface area contributed by atoms with Crippen LogP contribution < -0.4 is 5.73 Å². The van der Waals surface area contributed by atoms with Gasteiger partial charge in [0.15, 0.2) is 0 Å². The summed E-state index contributed by atoms with van der Waals surface area (Å²) < 4.78 is 6.65. The standard InChI is InChI=1S/C13H16ClN5O2/c1-3-21-12(20)11-17-9(7-19(11)5-4-15)10-8(2)6-16-13(14)18-10/h6-7H,3-5,15H2,1-2H3. The van der Waals surface area contributed by atoms with Crippen LogP contribution in [0.15, 0.2) is 12.4 Å². The summed E-state index contributed by atoms with van der Waals surface area (Å²) in [6, 6.07) is 0. The number of ether oxygens (including phenoxy) is 1. The van der Waals surface area contributed by atoms with Crippen molar-refractivity contribution in [1.29, 1.82) is 0 Å². The second-order valence-corrected chi connectivity index (χ2v) is 4.66. The van der Waals surface area contributed by atoms with E-state index in [-0.39, 0.29) is 17.7 Å². The van der Waals surface area contributed by atoms with Gasteiger partial charge in [-0.2, -0.15) is 0 Å². The van der Waals surface area contributed by atoms with Gasteiger partial charge in [0.25, 0.3) is 0 Å². The summed E-state index contributed by atoms with van der Waals surface area (Å²) >= 11 is 5.82. The van der Waals surface area contributed by atoms with Crippen LogP contribution in [0.4, 0.5) is 0 Å². The third kappa shape index (κ3) is 3.37. The number of nitrogens with zero attached hydrogens (tertiary/aromatic N) is 4. The molecule has 2 N–H and O–H groups in total. The Bertz CT molecular complexity index is 656. The first-order valence-electron chi connectivity index (χ1n) is 6.50. The van der Waals surface area contributed by atoms with Crippen molar-refractivity contribution in [3.05, 3.63) is 29.1 Å². The number of aryl methyl sites for hydroxylation is 1. The van der Waals surface area contributed by atoms with Gasteiger partial charge >= 0.3 is 5.97 Å². The van der Waals surface area contributed by atoms with Crippen molar-refractivity contribution in [1.82, 2.24) is 19.5 Å². The molecule has 0 fully saturated rings. The van der Waals surface area contributed by atoms with E-state index in [1.54, 1.807) is 23.9 Å². The summed E-state index contributed by atoms with van der Waals surface area (Å²) in [4.78, 5) is 24.3. The lowest BCUT2D eigenvalue weighted by atomic mass is 10.2. The number of rotatable bonds is 5. The fraction of sp³-hybridized carbons (Fsp3) is 0.385. The number of esters is 1. The minimum atomic E-state index is -0.491. The van der Waals surface area contributed by atoms with E-state index in [2.05, 4.69) is 15.0 Å². The molecule has 21 heavy (non-hydrogen) atoms. The quantitative estimate of drug-likeness (QED) is 0.663. The Labute approximate surface area is 127 Å². The predicted octanol–water partition coefficient (Wildman–Crippen LogP) is 1.44. The highest BCUT2D eigenvalue weighted by Gasteiger charge is 2.19. The maximum atomic E-state index is 11.9. The number of hydrogen-bond acceptors (Lipinski definition) is 6. The number of hydrogen-bond donors (Lipinski definition) is 1. The van der Waals surface area contributed by atoms with Crippen molar-refractivity contribution in [3.63, 3.8) is 0 Å². The molecular formula is C13H16ClN5O2. The first kappa shape index (κ1) is 15.4. The Morgan fingerprint density at radius 1 is 1.48 bits per heavy atom. The molecule has 2 aromatic rings. The predicted molar refractivity (Wildman–Crippen MR) is 78.0 cm³/mol. The van der Waals surface area contributed by atoms with Crippen molar-refractivity contribution in [2.45, 2.75) is 20.4 Å². The van der Waals surface area contributed by atoms with E-state index >= 15 is 0 Å². The molecule has 0 unspecified atom stereocenters. The summed E-state index contributed by atoms with van der Waals surface area (Å²) in [6.07, 6.45) is 3.32. The van der Waals surface area contributed by atoms with Gasteiger partial charge in [0, 0.05) is 25.5 Å². The van der Waals surface area contributed by atoms with Crippen molar-refractivity contribution in [2.24, 2.45) is 5.73 Å². The zero-order chi connectivity index (χ0) is 15.4. The Balaban J connectivity index is 2.48. The van der Waals surface area contributed by atoms with Crippen LogP contribution in [0.5, 0.6) is 0 Å². The van der Waals surface area contributed by atoms with Crippen molar-refractivity contribution >= 4 is 17.6 Å². The Morgan fingerprint density at radius 3 is 2.90 bits per heavy atom. The molecule has 2 rings (SSSR count). The molecule has 0 atom stereocenters. The average molecular weight is 310 g/mol. The van der Waals surface area contributed by atoms with E-state index in [4.69, 9.17) is 22.1 Å². The minimum Gasteiger partial charge on any atom is -0.460 e. The zero-order valence-electron chi connectivity index (χ0n) is 11.8. The molecule has 112 valence electrons. The van der Waals surface area contributed by atoms with Gasteiger partial charge in [-0.1, -0.05) is 0 Å². The van der Waals surface area contributed by atoms with E-state index in [1.165, 1.54) is 0 Å². The molecule has 2 aromatic heterocycles. The summed E-state index contributed by atoms with van der Waals surface area (Å²) in [7, 11) is 0. The monoisotopic (exact) mass is 309 g/mol. The summed E-state index contributed by atoms with van der Waals surface area (Å²) in [5.41, 5.74) is 7.49. The molecule has 0 aliphatic heterocycles. The van der Waals surface area contributed by atoms with Crippen LogP contribution in [-0.2, 0) is 11.3 Å². The summed E-state index contributed by atoms with van der Waals surface area (Å²) in [5.74, 6) is -0.290. The zero-order valence-corrected chi connectivity index (χ0v) is 12.6. The molecule has 0 bridgehead atoms. The van der Waals surface area contributed by atoms with Gasteiger partial charge in [-0.05, 0) is 31.0 Å². The number of aromatic nitrogens is 4. The highest BCUT2D eigenvalue weighted by molar-refractivity contribution is 6.28. The van der Waals surface area contributed by atoms with Gasteiger partial charge in [0.2, 0.25) is 11.1 Å². The third-order valence-electron chi connectivity index (χ3n) is 2.79. The van der Waals surface area contributed by atoms with E-state index in [0.717, 1.165) is 5.56 Å². The fourth-order valence-corrected chi connectivity index (χ4v) is 2.01. The van der Waals surface area contributed by atoms with E-state index in [1.807, 2.05) is 6.92 Å². The topological polar surface area (TPSA) is 95.9 Å². The molecule has 0 spiro atoms. The van der Waals surface area contributed by atoms with E-state index in [9.17, 15) is 4.79 Å². The molecule has 0 saturated carbocycles. The molecule has 7 nitrogen and oxygen atoms in total. The van der Waals surface area contributed by atoms with Gasteiger partial charge in [-0.25, -0.2) is 19.7 Å². The first-order valence-corrected chi connectivity index (χ1v) is 6.88. The van der Waals surface area contributed by atoms with Crippen molar-refractivity contribution < 1.29 is 9.53 Å². The largest absolute Gasteiger partial charge is 0.460 e. The van der Waals surface area contributed by atoms with Crippen LogP contribution in [0.3, 0.4) is 0 Å². The van der Waals surface area contributed by atoms with Crippen molar-refractivity contribution in [3.8, 4) is 11.4 Å². The second-order valence-electron chi connectivity index (χ2n) is 4.32. The number of carbonyl (C=O) groups excluding carboxylic acids is 1. The van der Waals surface area contributed by atoms with Crippen LogP contribution >= 0.6 is 11.6 Å². The Kier molecular flexibility index (Phi) is 4.87. The molecule has 0 aliphatic carbocycles. The van der Waals surface area contributed by atoms with E-state index in [0.29, 0.717) is 24.5 Å². The third-order valence-corrected chi connectivity index (χ3v) is 2.97. The second kappa shape index (κ2) is 6.64. The maximum absolute atomic E-state index is 11.9. The fourth-order valence-electron chi connectivity index (χ4n) is 1.88. The lowest BCUT2D eigenvalue weighted by Gasteiger charge is -2.04. The molecule has 2 heterocycles. The summed E-state index contributed by atoms with van der Waals surface area (Å²) in [5, 5.41) is 0.127. The van der Waals surface area contributed by atoms with Gasteiger partial charge in [-0.15, -0.1) is 0 Å². The van der Waals surface area contributed by atoms with Crippen LogP contribution in [0.2, 0.25) is 5.28 Å². The Hall–Kier alpha value is -1.99. The van der Waals surface area contributed by atoms with E-state index < -0.39 is 5.97 Å². The minimum absolute atomic E-state index is 0.127. The average Bonchev–Trinajstić information content (AvgIpc) is 2.86. The molecule has 0 aromatic carbocycles. The van der Waals surface area contributed by atoms with Crippen LogP contribution in [0.1, 0.15) is 23.1 Å². The maximum Gasteiger partial charge on any atom is 0.374 e. The molecule has 0 amide bonds. The highest BCUT2D eigenvalue weighted by Crippen LogP contribution is 2.21. The van der Waals surface area contributed by atoms with Crippen LogP contribution in [-0.4, -0.2) is 38.6 Å². The first-order chi connectivity index (χ1) is 10.1. The normalized spacial score (nSPS) is 10.7. The van der Waals surface area contributed by atoms with Crippen molar-refractivity contribution in [2.75, 3.05) is 13.2 Å². The number of carbonyl (C=O) groups is 1. The molecule has 0 radical (unpaired) electrons. The van der Waals surface area contributed by atoms with Gasteiger partial charge in [0.05, 0.1) is 12.3 Å². The number of imidazole rings is 1.